The first-order chi connectivity index (χ1) is 13.4. The molecule has 0 aliphatic carbocycles. The Morgan fingerprint density at radius 1 is 0.966 bits per heavy atom. The standard InChI is InChI=1S/C18H10ClF6N3O/c19-13-2-1-3-14(7-13)28-16(29)10(8-26)9-27-15-5-11(17(20,21)22)4-12(6-15)18(23,24)25/h1-7,9,27H,(H,28,29)/b10-9-. The van der Waals surface area contributed by atoms with Crippen LogP contribution in [0.25, 0.3) is 0 Å². The molecule has 0 fully saturated rings. The molecule has 4 nitrogen and oxygen atoms in total. The monoisotopic (exact) mass is 433 g/mol. The molecule has 0 aliphatic heterocycles. The SMILES string of the molecule is N#C/C(=C/Nc1cc(C(F)(F)F)cc(C(F)(F)F)c1)C(=O)Nc1cccc(Cl)c1. The number of nitrogens with zero attached hydrogens (tertiary/aromatic N) is 1. The number of hydrogen-bond acceptors (Lipinski definition) is 3. The molecule has 0 aliphatic rings. The molecule has 2 rings (SSSR count). The molecule has 0 saturated heterocycles. The Morgan fingerprint density at radius 2 is 1.55 bits per heavy atom. The molecule has 11 heteroatoms. The number of amides is 1. The number of halogens is 7. The highest BCUT2D eigenvalue weighted by molar-refractivity contribution is 6.31. The van der Waals surface area contributed by atoms with Gasteiger partial charge in [0.25, 0.3) is 5.91 Å². The number of carbonyl (C=O) groups is 1. The fourth-order valence-corrected chi connectivity index (χ4v) is 2.30. The Labute approximate surface area is 165 Å². The van der Waals surface area contributed by atoms with E-state index in [0.29, 0.717) is 23.4 Å². The summed E-state index contributed by atoms with van der Waals surface area (Å²) < 4.78 is 77.2. The second kappa shape index (κ2) is 8.45. The first kappa shape index (κ1) is 22.1. The molecule has 29 heavy (non-hydrogen) atoms. The highest BCUT2D eigenvalue weighted by Gasteiger charge is 2.36. The van der Waals surface area contributed by atoms with E-state index in [2.05, 4.69) is 10.6 Å². The predicted octanol–water partition coefficient (Wildman–Crippen LogP) is 5.84. The first-order valence-electron chi connectivity index (χ1n) is 7.63. The number of benzene rings is 2. The zero-order valence-electron chi connectivity index (χ0n) is 14.1. The van der Waals surface area contributed by atoms with Crippen LogP contribution in [-0.2, 0) is 17.1 Å². The molecule has 0 bridgehead atoms. The van der Waals surface area contributed by atoms with Crippen molar-refractivity contribution in [1.29, 1.82) is 5.26 Å². The maximum absolute atomic E-state index is 12.9. The van der Waals surface area contributed by atoms with Gasteiger partial charge >= 0.3 is 12.4 Å². The normalized spacial score (nSPS) is 12.3. The number of rotatable bonds is 4. The summed E-state index contributed by atoms with van der Waals surface area (Å²) in [7, 11) is 0. The quantitative estimate of drug-likeness (QED) is 0.362. The average Bonchev–Trinajstić information content (AvgIpc) is 2.60. The van der Waals surface area contributed by atoms with Gasteiger partial charge < -0.3 is 10.6 Å². The minimum atomic E-state index is -5.02. The minimum absolute atomic E-state index is 0.0358. The van der Waals surface area contributed by atoms with Crippen LogP contribution in [-0.4, -0.2) is 5.91 Å². The molecule has 0 atom stereocenters. The van der Waals surface area contributed by atoms with E-state index in [4.69, 9.17) is 16.9 Å². The second-order valence-corrected chi connectivity index (χ2v) is 6.01. The predicted molar refractivity (Wildman–Crippen MR) is 93.8 cm³/mol. The molecule has 0 spiro atoms. The molecule has 0 unspecified atom stereocenters. The molecule has 2 N–H and O–H groups in total. The van der Waals surface area contributed by atoms with Gasteiger partial charge in [0.15, 0.2) is 0 Å². The van der Waals surface area contributed by atoms with E-state index in [0.717, 1.165) is 0 Å². The summed E-state index contributed by atoms with van der Waals surface area (Å²) in [6.45, 7) is 0. The minimum Gasteiger partial charge on any atom is -0.360 e. The summed E-state index contributed by atoms with van der Waals surface area (Å²) >= 11 is 5.76. The summed E-state index contributed by atoms with van der Waals surface area (Å²) in [5, 5.41) is 13.8. The third-order valence-corrected chi connectivity index (χ3v) is 3.65. The lowest BCUT2D eigenvalue weighted by atomic mass is 10.1. The van der Waals surface area contributed by atoms with E-state index in [-0.39, 0.29) is 11.8 Å². The largest absolute Gasteiger partial charge is 0.416 e. The topological polar surface area (TPSA) is 64.9 Å². The van der Waals surface area contributed by atoms with Crippen molar-refractivity contribution in [3.8, 4) is 6.07 Å². The van der Waals surface area contributed by atoms with Crippen molar-refractivity contribution in [2.75, 3.05) is 10.6 Å². The van der Waals surface area contributed by atoms with E-state index in [1.807, 2.05) is 0 Å². The number of nitrogens with one attached hydrogen (secondary N) is 2. The summed E-state index contributed by atoms with van der Waals surface area (Å²) in [4.78, 5) is 12.1. The summed E-state index contributed by atoms with van der Waals surface area (Å²) in [5.41, 5.74) is -4.02. The molecular weight excluding hydrogens is 424 g/mol. The Morgan fingerprint density at radius 3 is 2.03 bits per heavy atom. The third-order valence-electron chi connectivity index (χ3n) is 3.42. The van der Waals surface area contributed by atoms with Gasteiger partial charge in [-0.1, -0.05) is 17.7 Å². The Bertz CT molecular complexity index is 960. The number of nitriles is 1. The average molecular weight is 434 g/mol. The van der Waals surface area contributed by atoms with Crippen molar-refractivity contribution in [3.63, 3.8) is 0 Å². The van der Waals surface area contributed by atoms with Crippen LogP contribution >= 0.6 is 11.6 Å². The van der Waals surface area contributed by atoms with Gasteiger partial charge in [0.1, 0.15) is 11.6 Å². The molecule has 0 aromatic heterocycles. The van der Waals surface area contributed by atoms with E-state index in [9.17, 15) is 31.1 Å². The summed E-state index contributed by atoms with van der Waals surface area (Å²) in [6.07, 6.45) is -9.34. The van der Waals surface area contributed by atoms with Crippen LogP contribution < -0.4 is 10.6 Å². The van der Waals surface area contributed by atoms with Crippen LogP contribution in [0.5, 0.6) is 0 Å². The van der Waals surface area contributed by atoms with Crippen molar-refractivity contribution < 1.29 is 31.1 Å². The number of carbonyl (C=O) groups excluding carboxylic acids is 1. The zero-order valence-corrected chi connectivity index (χ0v) is 14.9. The van der Waals surface area contributed by atoms with E-state index in [1.54, 1.807) is 0 Å². The Hall–Kier alpha value is -3.19. The number of anilines is 2. The maximum Gasteiger partial charge on any atom is 0.416 e. The second-order valence-electron chi connectivity index (χ2n) is 5.57. The van der Waals surface area contributed by atoms with Gasteiger partial charge in [-0.3, -0.25) is 4.79 Å². The highest BCUT2D eigenvalue weighted by Crippen LogP contribution is 2.37. The van der Waals surface area contributed by atoms with E-state index < -0.39 is 40.6 Å². The zero-order chi connectivity index (χ0) is 21.8. The van der Waals surface area contributed by atoms with Crippen LogP contribution in [0.2, 0.25) is 5.02 Å². The van der Waals surface area contributed by atoms with Crippen molar-refractivity contribution in [2.24, 2.45) is 0 Å². The maximum atomic E-state index is 12.9. The Kier molecular flexibility index (Phi) is 6.44. The molecule has 2 aromatic rings. The van der Waals surface area contributed by atoms with Crippen LogP contribution in [0.1, 0.15) is 11.1 Å². The van der Waals surface area contributed by atoms with Crippen molar-refractivity contribution >= 4 is 28.9 Å². The summed E-state index contributed by atoms with van der Waals surface area (Å²) in [6, 6.07) is 8.22. The lowest BCUT2D eigenvalue weighted by Crippen LogP contribution is -2.15. The van der Waals surface area contributed by atoms with Crippen molar-refractivity contribution in [1.82, 2.24) is 0 Å². The lowest BCUT2D eigenvalue weighted by Gasteiger charge is -2.14. The van der Waals surface area contributed by atoms with Gasteiger partial charge in [0, 0.05) is 22.6 Å². The molecule has 0 saturated carbocycles. The van der Waals surface area contributed by atoms with Gasteiger partial charge in [-0.15, -0.1) is 0 Å². The van der Waals surface area contributed by atoms with Crippen molar-refractivity contribution in [3.05, 3.63) is 70.4 Å². The smallest absolute Gasteiger partial charge is 0.360 e. The van der Waals surface area contributed by atoms with Crippen LogP contribution in [0, 0.1) is 11.3 Å². The van der Waals surface area contributed by atoms with E-state index >= 15 is 0 Å². The molecule has 0 heterocycles. The number of alkyl halides is 6. The first-order valence-corrected chi connectivity index (χ1v) is 8.01. The summed E-state index contributed by atoms with van der Waals surface area (Å²) in [5.74, 6) is -0.940. The molecular formula is C18H10ClF6N3O. The van der Waals surface area contributed by atoms with E-state index in [1.165, 1.54) is 30.3 Å². The highest BCUT2D eigenvalue weighted by atomic mass is 35.5. The van der Waals surface area contributed by atoms with Gasteiger partial charge in [-0.25, -0.2) is 0 Å². The Balaban J connectivity index is 2.30. The molecule has 2 aromatic carbocycles. The number of hydrogen-bond donors (Lipinski definition) is 2. The van der Waals surface area contributed by atoms with Crippen LogP contribution in [0.15, 0.2) is 54.2 Å². The van der Waals surface area contributed by atoms with Gasteiger partial charge in [-0.2, -0.15) is 31.6 Å². The van der Waals surface area contributed by atoms with Crippen LogP contribution in [0.3, 0.4) is 0 Å². The molecule has 152 valence electrons. The van der Waals surface area contributed by atoms with Gasteiger partial charge in [0.2, 0.25) is 0 Å². The molecule has 1 amide bonds. The fraction of sp³-hybridized carbons (Fsp3) is 0.111. The lowest BCUT2D eigenvalue weighted by molar-refractivity contribution is -0.143. The van der Waals surface area contributed by atoms with Gasteiger partial charge in [0.05, 0.1) is 11.1 Å². The van der Waals surface area contributed by atoms with Crippen molar-refractivity contribution in [2.45, 2.75) is 12.4 Å². The fourth-order valence-electron chi connectivity index (χ4n) is 2.11. The van der Waals surface area contributed by atoms with Crippen LogP contribution in [0.4, 0.5) is 37.7 Å². The van der Waals surface area contributed by atoms with Gasteiger partial charge in [-0.05, 0) is 36.4 Å². The third kappa shape index (κ3) is 6.15. The molecule has 0 radical (unpaired) electrons.